The van der Waals surface area contributed by atoms with E-state index in [-0.39, 0.29) is 31.0 Å². The molecule has 0 unspecified atom stereocenters. The first kappa shape index (κ1) is 44.6. The molecule has 12 atom stereocenters. The molecule has 0 aliphatic carbocycles. The average Bonchev–Trinajstić information content (AvgIpc) is 3.11. The largest absolute Gasteiger partial charge is 0.462 e. The van der Waals surface area contributed by atoms with Crippen LogP contribution in [0.1, 0.15) is 77.6 Å². The Kier molecular flexibility index (Phi) is 17.2. The number of likely N-dealkylation sites (N-methyl/N-ethyl adjacent to an activating group) is 1. The Morgan fingerprint density at radius 3 is 2.30 bits per heavy atom. The number of aliphatic hydroxyl groups is 3. The van der Waals surface area contributed by atoms with Crippen molar-refractivity contribution in [2.24, 2.45) is 23.7 Å². The van der Waals surface area contributed by atoms with Gasteiger partial charge < -0.3 is 44.0 Å². The number of rotatable bonds is 10. The molecule has 1 fully saturated rings. The molecule has 1 saturated heterocycles. The van der Waals surface area contributed by atoms with Gasteiger partial charge in [-0.1, -0.05) is 38.5 Å². The Morgan fingerprint density at radius 1 is 1.04 bits per heavy atom. The highest BCUT2D eigenvalue weighted by Crippen LogP contribution is 2.34. The zero-order valence-corrected chi connectivity index (χ0v) is 32.5. The molecule has 1 aromatic rings. The van der Waals surface area contributed by atoms with Gasteiger partial charge in [-0.3, -0.25) is 19.7 Å². The molecule has 0 bridgehead atoms. The van der Waals surface area contributed by atoms with Gasteiger partial charge in [0.1, 0.15) is 25.1 Å². The first-order valence-electron chi connectivity index (χ1n) is 18.6. The van der Waals surface area contributed by atoms with Crippen LogP contribution in [-0.2, 0) is 33.3 Å². The summed E-state index contributed by atoms with van der Waals surface area (Å²) in [5.74, 6) is -3.73. The van der Waals surface area contributed by atoms with Crippen LogP contribution < -0.4 is 5.32 Å². The van der Waals surface area contributed by atoms with Crippen molar-refractivity contribution in [2.75, 3.05) is 26.0 Å². The molecule has 3 rings (SSSR count). The summed E-state index contributed by atoms with van der Waals surface area (Å²) in [5.41, 5.74) is 1.54. The zero-order valence-electron chi connectivity index (χ0n) is 32.5. The van der Waals surface area contributed by atoms with Gasteiger partial charge in [-0.25, -0.2) is 4.79 Å². The van der Waals surface area contributed by atoms with E-state index in [1.165, 1.54) is 13.0 Å². The van der Waals surface area contributed by atoms with Gasteiger partial charge in [0, 0.05) is 35.4 Å². The van der Waals surface area contributed by atoms with E-state index in [1.54, 1.807) is 90.0 Å². The quantitative estimate of drug-likeness (QED) is 0.153. The maximum absolute atomic E-state index is 13.4. The number of aldehydes is 1. The number of hydrogen-bond acceptors (Lipinski definition) is 13. The monoisotopic (exact) mass is 758 g/mol. The van der Waals surface area contributed by atoms with Crippen molar-refractivity contribution in [2.45, 2.75) is 116 Å². The number of ether oxygens (including phenoxy) is 4. The summed E-state index contributed by atoms with van der Waals surface area (Å²) in [6.45, 7) is 9.83. The molecular weight excluding hydrogens is 700 g/mol. The van der Waals surface area contributed by atoms with Gasteiger partial charge in [0.2, 0.25) is 0 Å². The maximum atomic E-state index is 13.4. The molecule has 4 N–H and O–H groups in total. The van der Waals surface area contributed by atoms with Crippen molar-refractivity contribution in [3.8, 4) is 0 Å². The Labute approximate surface area is 317 Å². The predicted octanol–water partition coefficient (Wildman–Crippen LogP) is 3.86. The number of amides is 1. The minimum Gasteiger partial charge on any atom is -0.462 e. The molecule has 0 radical (unpaired) electrons. The number of nitrogens with one attached hydrogen (secondary N) is 1. The summed E-state index contributed by atoms with van der Waals surface area (Å²) in [6, 6.07) is 5.57. The number of ketones is 2. The van der Waals surface area contributed by atoms with Crippen molar-refractivity contribution in [1.29, 1.82) is 0 Å². The second kappa shape index (κ2) is 20.8. The van der Waals surface area contributed by atoms with E-state index >= 15 is 0 Å². The van der Waals surface area contributed by atoms with Gasteiger partial charge >= 0.3 is 12.1 Å². The van der Waals surface area contributed by atoms with Crippen molar-refractivity contribution < 1.29 is 58.2 Å². The first-order valence-corrected chi connectivity index (χ1v) is 18.6. The molecule has 2 heterocycles. The highest BCUT2D eigenvalue weighted by molar-refractivity contribution is 5.95. The fourth-order valence-corrected chi connectivity index (χ4v) is 7.03. The summed E-state index contributed by atoms with van der Waals surface area (Å²) >= 11 is 0. The summed E-state index contributed by atoms with van der Waals surface area (Å²) in [7, 11) is 3.41. The SMILES string of the molecule is CC[C@H]1OC(=O)C[C@@H](O)[C@H](C)[C@@H](O[C@@H]2O[C@H](C)[C@@H](O)[C@H](N(C)C)[C@H]2O)[C@@H](CC=O)C[C@@H](C)C(=O)/C=C/C(C)=C/[C@@H]1COC(=O)Nc1ccc(C(C)=O)cc1. The van der Waals surface area contributed by atoms with Crippen molar-refractivity contribution in [3.05, 3.63) is 53.6 Å². The molecule has 14 heteroatoms. The van der Waals surface area contributed by atoms with E-state index in [4.69, 9.17) is 18.9 Å². The molecule has 14 nitrogen and oxygen atoms in total. The topological polar surface area (TPSA) is 198 Å². The number of allylic oxidation sites excluding steroid dienone is 3. The van der Waals surface area contributed by atoms with E-state index in [0.717, 1.165) is 0 Å². The number of Topliss-reactive ketones (excluding diaryl/α,β-unsaturated/α-hetero) is 1. The Hall–Kier alpha value is -3.79. The van der Waals surface area contributed by atoms with Crippen LogP contribution in [0.3, 0.4) is 0 Å². The Balaban J connectivity index is 1.91. The van der Waals surface area contributed by atoms with Crippen LogP contribution in [0.15, 0.2) is 48.1 Å². The minimum atomic E-state index is -1.34. The van der Waals surface area contributed by atoms with Crippen LogP contribution in [0.4, 0.5) is 10.5 Å². The molecule has 0 aromatic heterocycles. The lowest BCUT2D eigenvalue weighted by molar-refractivity contribution is -0.304. The number of benzene rings is 1. The molecule has 2 aliphatic heterocycles. The molecule has 2 aliphatic rings. The van der Waals surface area contributed by atoms with Crippen LogP contribution in [-0.4, -0.2) is 120 Å². The fraction of sp³-hybridized carbons (Fsp3) is 0.625. The van der Waals surface area contributed by atoms with Crippen LogP contribution in [0.5, 0.6) is 0 Å². The molecule has 1 aromatic carbocycles. The van der Waals surface area contributed by atoms with Crippen molar-refractivity contribution in [1.82, 2.24) is 4.90 Å². The third-order valence-corrected chi connectivity index (χ3v) is 10.3. The standard InChI is InChI=1S/C40H58N2O12/c1-9-33-29(21-51-40(50)41-30-13-11-27(12-14-30)25(5)44)18-22(2)10-15-31(45)23(3)19-28(16-17-43)38(24(4)32(46)20-34(47)53-33)54-39-37(49)35(42(7)8)36(48)26(6)52-39/h10-15,17-18,23-24,26,28-29,32-33,35-39,46,48-49H,9,16,19-21H2,1-8H3,(H,41,50)/b15-10+,22-18+/t23-,24+,26-,28+,29-,32-,33-,35+,36-,37-,38-,39+/m1/s1. The van der Waals surface area contributed by atoms with Crippen LogP contribution in [0, 0.1) is 23.7 Å². The van der Waals surface area contributed by atoms with E-state index in [1.807, 2.05) is 0 Å². The summed E-state index contributed by atoms with van der Waals surface area (Å²) in [5, 5.41) is 36.1. The number of nitrogens with zero attached hydrogens (tertiary/aromatic N) is 1. The third-order valence-electron chi connectivity index (χ3n) is 10.3. The summed E-state index contributed by atoms with van der Waals surface area (Å²) < 4.78 is 23.7. The molecule has 300 valence electrons. The smallest absolute Gasteiger partial charge is 0.411 e. The first-order chi connectivity index (χ1) is 25.5. The second-order valence-corrected chi connectivity index (χ2v) is 14.8. The van der Waals surface area contributed by atoms with Crippen LogP contribution >= 0.6 is 0 Å². The van der Waals surface area contributed by atoms with E-state index in [2.05, 4.69) is 5.32 Å². The van der Waals surface area contributed by atoms with Crippen molar-refractivity contribution in [3.63, 3.8) is 0 Å². The number of aliphatic hydroxyl groups excluding tert-OH is 3. The third kappa shape index (κ3) is 12.4. The average molecular weight is 759 g/mol. The Bertz CT molecular complexity index is 1490. The van der Waals surface area contributed by atoms with Gasteiger partial charge in [-0.05, 0) is 84.0 Å². The van der Waals surface area contributed by atoms with Crippen LogP contribution in [0.25, 0.3) is 0 Å². The number of hydrogen-bond donors (Lipinski definition) is 4. The number of carbonyl (C=O) groups excluding carboxylic acids is 5. The van der Waals surface area contributed by atoms with E-state index in [9.17, 15) is 39.3 Å². The zero-order chi connectivity index (χ0) is 40.3. The maximum Gasteiger partial charge on any atom is 0.411 e. The number of esters is 1. The summed E-state index contributed by atoms with van der Waals surface area (Å²) in [6.07, 6.45) is -2.68. The number of anilines is 1. The van der Waals surface area contributed by atoms with Gasteiger partial charge in [0.25, 0.3) is 0 Å². The lowest BCUT2D eigenvalue weighted by atomic mass is 9.79. The van der Waals surface area contributed by atoms with E-state index in [0.29, 0.717) is 29.5 Å². The van der Waals surface area contributed by atoms with Gasteiger partial charge in [-0.15, -0.1) is 0 Å². The highest BCUT2D eigenvalue weighted by atomic mass is 16.7. The number of cyclic esters (lactones) is 1. The predicted molar refractivity (Wildman–Crippen MR) is 199 cm³/mol. The number of carbonyl (C=O) groups is 5. The van der Waals surface area contributed by atoms with E-state index < -0.39 is 91.1 Å². The van der Waals surface area contributed by atoms with Crippen LogP contribution in [0.2, 0.25) is 0 Å². The van der Waals surface area contributed by atoms with Gasteiger partial charge in [0.05, 0.1) is 36.9 Å². The molecule has 1 amide bonds. The fourth-order valence-electron chi connectivity index (χ4n) is 7.03. The minimum absolute atomic E-state index is 0.0402. The Morgan fingerprint density at radius 2 is 1.70 bits per heavy atom. The lowest BCUT2D eigenvalue weighted by Crippen LogP contribution is -2.63. The summed E-state index contributed by atoms with van der Waals surface area (Å²) in [4.78, 5) is 64.9. The molecule has 54 heavy (non-hydrogen) atoms. The molecule has 0 spiro atoms. The van der Waals surface area contributed by atoms with Gasteiger partial charge in [-0.2, -0.15) is 0 Å². The van der Waals surface area contributed by atoms with Gasteiger partial charge in [0.15, 0.2) is 17.9 Å². The normalized spacial score (nSPS) is 34.6. The lowest BCUT2D eigenvalue weighted by Gasteiger charge is -2.46. The molecular formula is C40H58N2O12. The molecule has 0 saturated carbocycles. The second-order valence-electron chi connectivity index (χ2n) is 14.8. The highest BCUT2D eigenvalue weighted by Gasteiger charge is 2.47. The van der Waals surface area contributed by atoms with Crippen molar-refractivity contribution >= 4 is 35.6 Å².